The van der Waals surface area contributed by atoms with Crippen molar-refractivity contribution in [2.45, 2.75) is 51.0 Å². The van der Waals surface area contributed by atoms with Gasteiger partial charge in [-0.25, -0.2) is 0 Å². The second kappa shape index (κ2) is 7.32. The van der Waals surface area contributed by atoms with E-state index >= 15 is 0 Å². The average Bonchev–Trinajstić information content (AvgIpc) is 2.70. The lowest BCUT2D eigenvalue weighted by Gasteiger charge is -2.19. The molecule has 0 fully saturated rings. The van der Waals surface area contributed by atoms with Crippen molar-refractivity contribution in [3.8, 4) is 0 Å². The molecule has 0 radical (unpaired) electrons. The van der Waals surface area contributed by atoms with Gasteiger partial charge in [0.25, 0.3) is 0 Å². The lowest BCUT2D eigenvalue weighted by molar-refractivity contribution is 0.558. The van der Waals surface area contributed by atoms with E-state index in [1.54, 1.807) is 5.57 Å². The molecule has 1 aliphatic carbocycles. The van der Waals surface area contributed by atoms with Crippen LogP contribution in [0.2, 0.25) is 0 Å². The van der Waals surface area contributed by atoms with Crippen LogP contribution in [0, 0.1) is 0 Å². The molecule has 0 bridgehead atoms. The summed E-state index contributed by atoms with van der Waals surface area (Å²) >= 11 is 0. The topological polar surface area (TPSA) is 24.9 Å². The molecule has 1 aliphatic rings. The molecule has 98 valence electrons. The normalized spacial score (nSPS) is 17.9. The van der Waals surface area contributed by atoms with Gasteiger partial charge in [0.2, 0.25) is 0 Å². The van der Waals surface area contributed by atoms with Gasteiger partial charge in [0.15, 0.2) is 0 Å². The van der Waals surface area contributed by atoms with Gasteiger partial charge in [0.1, 0.15) is 0 Å². The van der Waals surface area contributed by atoms with Crippen LogP contribution in [-0.2, 0) is 6.42 Å². The summed E-state index contributed by atoms with van der Waals surface area (Å²) in [7, 11) is 2.08. The first-order chi connectivity index (χ1) is 8.90. The summed E-state index contributed by atoms with van der Waals surface area (Å²) in [5.41, 5.74) is 2.82. The average molecular weight is 244 g/mol. The zero-order valence-corrected chi connectivity index (χ0v) is 11.4. The standard InChI is InChI=1S/C16H24N2/c1-17-16(14-8-4-2-3-5-9-14)12-11-15-10-6-7-13-18-15/h6-8,10,13,16-17H,2-5,9,11-12H2,1H3. The van der Waals surface area contributed by atoms with Crippen LogP contribution in [0.15, 0.2) is 36.0 Å². The van der Waals surface area contributed by atoms with Gasteiger partial charge in [0, 0.05) is 17.9 Å². The number of aryl methyl sites for hydroxylation is 1. The largest absolute Gasteiger partial charge is 0.313 e. The minimum atomic E-state index is 0.533. The molecule has 0 amide bonds. The minimum Gasteiger partial charge on any atom is -0.313 e. The zero-order chi connectivity index (χ0) is 12.6. The van der Waals surface area contributed by atoms with Crippen molar-refractivity contribution >= 4 is 0 Å². The predicted octanol–water partition coefficient (Wildman–Crippen LogP) is 3.49. The molecular weight excluding hydrogens is 220 g/mol. The fraction of sp³-hybridized carbons (Fsp3) is 0.562. The highest BCUT2D eigenvalue weighted by atomic mass is 14.9. The zero-order valence-electron chi connectivity index (χ0n) is 11.4. The smallest absolute Gasteiger partial charge is 0.0404 e. The van der Waals surface area contributed by atoms with Gasteiger partial charge < -0.3 is 5.32 Å². The molecule has 2 heteroatoms. The van der Waals surface area contributed by atoms with E-state index < -0.39 is 0 Å². The van der Waals surface area contributed by atoms with E-state index in [1.807, 2.05) is 12.3 Å². The summed E-state index contributed by atoms with van der Waals surface area (Å²) in [5.74, 6) is 0. The van der Waals surface area contributed by atoms with E-state index in [0.717, 1.165) is 12.8 Å². The SMILES string of the molecule is CNC(CCc1ccccn1)C1=CCCCCC1. The number of nitrogens with zero attached hydrogens (tertiary/aromatic N) is 1. The van der Waals surface area contributed by atoms with Crippen molar-refractivity contribution in [3.63, 3.8) is 0 Å². The van der Waals surface area contributed by atoms with Crippen LogP contribution in [-0.4, -0.2) is 18.1 Å². The Morgan fingerprint density at radius 3 is 3.00 bits per heavy atom. The predicted molar refractivity (Wildman–Crippen MR) is 76.6 cm³/mol. The van der Waals surface area contributed by atoms with E-state index in [9.17, 15) is 0 Å². The molecule has 2 rings (SSSR count). The van der Waals surface area contributed by atoms with Crippen LogP contribution in [0.4, 0.5) is 0 Å². The summed E-state index contributed by atoms with van der Waals surface area (Å²) in [6, 6.07) is 6.70. The Morgan fingerprint density at radius 1 is 1.28 bits per heavy atom. The van der Waals surface area contributed by atoms with Crippen molar-refractivity contribution in [2.24, 2.45) is 0 Å². The number of nitrogens with one attached hydrogen (secondary N) is 1. The van der Waals surface area contributed by atoms with Gasteiger partial charge in [-0.05, 0) is 57.7 Å². The van der Waals surface area contributed by atoms with E-state index in [-0.39, 0.29) is 0 Å². The minimum absolute atomic E-state index is 0.533. The van der Waals surface area contributed by atoms with Crippen LogP contribution in [0.25, 0.3) is 0 Å². The number of allylic oxidation sites excluding steroid dienone is 1. The number of hydrogen-bond donors (Lipinski definition) is 1. The van der Waals surface area contributed by atoms with E-state index in [2.05, 4.69) is 35.6 Å². The van der Waals surface area contributed by atoms with Gasteiger partial charge >= 0.3 is 0 Å². The van der Waals surface area contributed by atoms with Crippen molar-refractivity contribution in [1.82, 2.24) is 10.3 Å². The van der Waals surface area contributed by atoms with Crippen LogP contribution in [0.1, 0.15) is 44.2 Å². The maximum atomic E-state index is 4.40. The van der Waals surface area contributed by atoms with Gasteiger partial charge in [-0.1, -0.05) is 24.1 Å². The van der Waals surface area contributed by atoms with Gasteiger partial charge in [-0.15, -0.1) is 0 Å². The summed E-state index contributed by atoms with van der Waals surface area (Å²) in [6.45, 7) is 0. The molecule has 2 nitrogen and oxygen atoms in total. The maximum Gasteiger partial charge on any atom is 0.0404 e. The molecule has 0 saturated heterocycles. The van der Waals surface area contributed by atoms with Crippen LogP contribution in [0.3, 0.4) is 0 Å². The first-order valence-electron chi connectivity index (χ1n) is 7.16. The molecule has 1 aromatic heterocycles. The molecule has 1 atom stereocenters. The molecule has 18 heavy (non-hydrogen) atoms. The van der Waals surface area contributed by atoms with Crippen LogP contribution in [0.5, 0.6) is 0 Å². The first-order valence-corrected chi connectivity index (χ1v) is 7.16. The second-order valence-electron chi connectivity index (χ2n) is 5.08. The lowest BCUT2D eigenvalue weighted by atomic mass is 9.97. The highest BCUT2D eigenvalue weighted by Crippen LogP contribution is 2.22. The fourth-order valence-electron chi connectivity index (χ4n) is 2.71. The molecule has 0 spiro atoms. The Morgan fingerprint density at radius 2 is 2.22 bits per heavy atom. The number of likely N-dealkylation sites (N-methyl/N-ethyl adjacent to an activating group) is 1. The lowest BCUT2D eigenvalue weighted by Crippen LogP contribution is -2.28. The van der Waals surface area contributed by atoms with Crippen molar-refractivity contribution in [3.05, 3.63) is 41.7 Å². The third-order valence-electron chi connectivity index (χ3n) is 3.79. The Hall–Kier alpha value is -1.15. The van der Waals surface area contributed by atoms with Gasteiger partial charge in [-0.3, -0.25) is 4.98 Å². The third-order valence-corrected chi connectivity index (χ3v) is 3.79. The summed E-state index contributed by atoms with van der Waals surface area (Å²) in [4.78, 5) is 4.40. The molecule has 1 heterocycles. The number of hydrogen-bond acceptors (Lipinski definition) is 2. The van der Waals surface area contributed by atoms with E-state index in [1.165, 1.54) is 37.8 Å². The maximum absolute atomic E-state index is 4.40. The molecular formula is C16H24N2. The van der Waals surface area contributed by atoms with Gasteiger partial charge in [-0.2, -0.15) is 0 Å². The van der Waals surface area contributed by atoms with Gasteiger partial charge in [0.05, 0.1) is 0 Å². The van der Waals surface area contributed by atoms with E-state index in [0.29, 0.717) is 6.04 Å². The third kappa shape index (κ3) is 3.95. The number of aromatic nitrogens is 1. The Kier molecular flexibility index (Phi) is 5.40. The fourth-order valence-corrected chi connectivity index (χ4v) is 2.71. The molecule has 1 N–H and O–H groups in total. The summed E-state index contributed by atoms with van der Waals surface area (Å²) in [6.07, 6.45) is 13.2. The second-order valence-corrected chi connectivity index (χ2v) is 5.08. The highest BCUT2D eigenvalue weighted by Gasteiger charge is 2.13. The quantitative estimate of drug-likeness (QED) is 0.802. The van der Waals surface area contributed by atoms with Crippen LogP contribution < -0.4 is 5.32 Å². The molecule has 1 unspecified atom stereocenters. The monoisotopic (exact) mass is 244 g/mol. The van der Waals surface area contributed by atoms with Crippen molar-refractivity contribution in [1.29, 1.82) is 0 Å². The van der Waals surface area contributed by atoms with Crippen molar-refractivity contribution < 1.29 is 0 Å². The molecule has 0 aliphatic heterocycles. The molecule has 1 aromatic rings. The summed E-state index contributed by atoms with van der Waals surface area (Å²) in [5, 5.41) is 3.47. The van der Waals surface area contributed by atoms with Crippen LogP contribution >= 0.6 is 0 Å². The molecule has 0 aromatic carbocycles. The first kappa shape index (κ1) is 13.3. The Balaban J connectivity index is 1.90. The summed E-state index contributed by atoms with van der Waals surface area (Å²) < 4.78 is 0. The Bertz CT molecular complexity index is 370. The van der Waals surface area contributed by atoms with Crippen molar-refractivity contribution in [2.75, 3.05) is 7.05 Å². The Labute approximate surface area is 111 Å². The molecule has 0 saturated carbocycles. The number of pyridine rings is 1. The number of rotatable bonds is 5. The highest BCUT2D eigenvalue weighted by molar-refractivity contribution is 5.13. The van der Waals surface area contributed by atoms with E-state index in [4.69, 9.17) is 0 Å².